The molecule has 1 rings (SSSR count). The third-order valence-corrected chi connectivity index (χ3v) is 2.31. The number of nitriles is 1. The van der Waals surface area contributed by atoms with Crippen molar-refractivity contribution >= 4 is 5.97 Å². The number of esters is 1. The van der Waals surface area contributed by atoms with E-state index >= 15 is 0 Å². The first kappa shape index (κ1) is 12.1. The highest BCUT2D eigenvalue weighted by atomic mass is 16.5. The van der Waals surface area contributed by atoms with Crippen molar-refractivity contribution in [2.24, 2.45) is 0 Å². The fraction of sp³-hybridized carbons (Fsp3) is 0.333. The molecule has 4 nitrogen and oxygen atoms in total. The van der Waals surface area contributed by atoms with Crippen LogP contribution in [0.25, 0.3) is 0 Å². The lowest BCUT2D eigenvalue weighted by Crippen LogP contribution is -2.06. The molecule has 4 heteroatoms. The maximum Gasteiger partial charge on any atom is 0.339 e. The summed E-state index contributed by atoms with van der Waals surface area (Å²) in [6, 6.07) is 5.37. The molecule has 0 amide bonds. The molecule has 0 aliphatic rings. The Kier molecular flexibility index (Phi) is 3.90. The largest absolute Gasteiger partial charge is 0.495 e. The first-order valence-corrected chi connectivity index (χ1v) is 4.87. The SMILES string of the molecule is CCc1cc(OC)c(C#N)c(C(=O)OC)c1. The third kappa shape index (κ3) is 2.14. The average Bonchev–Trinajstić information content (AvgIpc) is 2.35. The van der Waals surface area contributed by atoms with Crippen molar-refractivity contribution in [3.05, 3.63) is 28.8 Å². The molecule has 0 saturated carbocycles. The van der Waals surface area contributed by atoms with Crippen molar-refractivity contribution in [3.63, 3.8) is 0 Å². The second-order valence-corrected chi connectivity index (χ2v) is 3.18. The minimum Gasteiger partial charge on any atom is -0.495 e. The Morgan fingerprint density at radius 1 is 1.44 bits per heavy atom. The summed E-state index contributed by atoms with van der Waals surface area (Å²) >= 11 is 0. The lowest BCUT2D eigenvalue weighted by Gasteiger charge is -2.09. The van der Waals surface area contributed by atoms with Crippen molar-refractivity contribution < 1.29 is 14.3 Å². The van der Waals surface area contributed by atoms with Gasteiger partial charge in [-0.3, -0.25) is 0 Å². The van der Waals surface area contributed by atoms with Crippen molar-refractivity contribution in [2.45, 2.75) is 13.3 Å². The molecule has 0 radical (unpaired) electrons. The van der Waals surface area contributed by atoms with E-state index in [9.17, 15) is 4.79 Å². The van der Waals surface area contributed by atoms with E-state index < -0.39 is 5.97 Å². The highest BCUT2D eigenvalue weighted by molar-refractivity contribution is 5.93. The summed E-state index contributed by atoms with van der Waals surface area (Å²) in [4.78, 5) is 11.5. The van der Waals surface area contributed by atoms with Gasteiger partial charge in [0.2, 0.25) is 0 Å². The van der Waals surface area contributed by atoms with Crippen LogP contribution in [-0.4, -0.2) is 20.2 Å². The van der Waals surface area contributed by atoms with E-state index in [0.717, 1.165) is 12.0 Å². The van der Waals surface area contributed by atoms with Crippen LogP contribution in [0.15, 0.2) is 12.1 Å². The molecule has 16 heavy (non-hydrogen) atoms. The summed E-state index contributed by atoms with van der Waals surface area (Å²) in [5.74, 6) is -0.118. The van der Waals surface area contributed by atoms with Gasteiger partial charge >= 0.3 is 5.97 Å². The third-order valence-electron chi connectivity index (χ3n) is 2.31. The molecule has 1 aromatic rings. The number of benzene rings is 1. The van der Waals surface area contributed by atoms with Crippen LogP contribution in [0.5, 0.6) is 5.75 Å². The number of carbonyl (C=O) groups excluding carboxylic acids is 1. The van der Waals surface area contributed by atoms with Crippen LogP contribution in [0.4, 0.5) is 0 Å². The Morgan fingerprint density at radius 3 is 2.56 bits per heavy atom. The van der Waals surface area contributed by atoms with Crippen molar-refractivity contribution in [1.29, 1.82) is 5.26 Å². The first-order valence-electron chi connectivity index (χ1n) is 4.87. The van der Waals surface area contributed by atoms with Crippen molar-refractivity contribution in [2.75, 3.05) is 14.2 Å². The summed E-state index contributed by atoms with van der Waals surface area (Å²) in [6.45, 7) is 1.96. The van der Waals surface area contributed by atoms with E-state index in [4.69, 9.17) is 10.00 Å². The minimum absolute atomic E-state index is 0.214. The molecule has 0 aromatic heterocycles. The molecule has 0 saturated heterocycles. The summed E-state index contributed by atoms with van der Waals surface area (Å²) in [7, 11) is 2.76. The van der Waals surface area contributed by atoms with Crippen molar-refractivity contribution in [1.82, 2.24) is 0 Å². The number of hydrogen-bond donors (Lipinski definition) is 0. The second-order valence-electron chi connectivity index (χ2n) is 3.18. The molecule has 0 bridgehead atoms. The fourth-order valence-corrected chi connectivity index (χ4v) is 1.42. The normalized spacial score (nSPS) is 9.38. The van der Waals surface area contributed by atoms with E-state index in [1.54, 1.807) is 12.1 Å². The van der Waals surface area contributed by atoms with Gasteiger partial charge < -0.3 is 9.47 Å². The van der Waals surface area contributed by atoms with Gasteiger partial charge in [-0.2, -0.15) is 5.26 Å². The molecule has 0 heterocycles. The van der Waals surface area contributed by atoms with E-state index in [1.807, 2.05) is 13.0 Å². The van der Waals surface area contributed by atoms with Crippen LogP contribution >= 0.6 is 0 Å². The predicted molar refractivity (Wildman–Crippen MR) is 58.4 cm³/mol. The zero-order valence-electron chi connectivity index (χ0n) is 9.53. The molecular formula is C12H13NO3. The van der Waals surface area contributed by atoms with Crippen molar-refractivity contribution in [3.8, 4) is 11.8 Å². The van der Waals surface area contributed by atoms with Crippen LogP contribution in [0.1, 0.15) is 28.4 Å². The highest BCUT2D eigenvalue weighted by Gasteiger charge is 2.17. The fourth-order valence-electron chi connectivity index (χ4n) is 1.42. The van der Waals surface area contributed by atoms with Crippen LogP contribution in [-0.2, 0) is 11.2 Å². The smallest absolute Gasteiger partial charge is 0.339 e. The Labute approximate surface area is 94.4 Å². The number of rotatable bonds is 3. The van der Waals surface area contributed by atoms with E-state index in [-0.39, 0.29) is 11.1 Å². The Balaban J connectivity index is 3.44. The van der Waals surface area contributed by atoms with Gasteiger partial charge in [0.25, 0.3) is 0 Å². The number of methoxy groups -OCH3 is 2. The Hall–Kier alpha value is -2.02. The summed E-state index contributed by atoms with van der Waals surface area (Å²) in [6.07, 6.45) is 0.756. The van der Waals surface area contributed by atoms with Gasteiger partial charge in [0, 0.05) is 0 Å². The summed E-state index contributed by atoms with van der Waals surface area (Å²) < 4.78 is 9.72. The van der Waals surface area contributed by atoms with Gasteiger partial charge in [-0.1, -0.05) is 6.92 Å². The number of hydrogen-bond acceptors (Lipinski definition) is 4. The zero-order chi connectivity index (χ0) is 12.1. The Morgan fingerprint density at radius 2 is 2.12 bits per heavy atom. The van der Waals surface area contributed by atoms with Crippen LogP contribution in [0, 0.1) is 11.3 Å². The minimum atomic E-state index is -0.523. The van der Waals surface area contributed by atoms with Crippen LogP contribution < -0.4 is 4.74 Å². The standard InChI is InChI=1S/C12H13NO3/c1-4-8-5-9(12(14)16-3)10(7-13)11(6-8)15-2/h5-6H,4H2,1-3H3. The first-order chi connectivity index (χ1) is 7.67. The van der Waals surface area contributed by atoms with Gasteiger partial charge in [0.15, 0.2) is 0 Å². The maximum absolute atomic E-state index is 11.5. The monoisotopic (exact) mass is 219 g/mol. The average molecular weight is 219 g/mol. The van der Waals surface area contributed by atoms with Gasteiger partial charge in [0.1, 0.15) is 17.4 Å². The summed E-state index contributed by atoms with van der Waals surface area (Å²) in [5.41, 5.74) is 1.39. The Bertz CT molecular complexity index is 446. The molecule has 0 N–H and O–H groups in total. The van der Waals surface area contributed by atoms with Gasteiger partial charge in [-0.25, -0.2) is 4.79 Å². The van der Waals surface area contributed by atoms with Gasteiger partial charge in [0.05, 0.1) is 19.8 Å². The van der Waals surface area contributed by atoms with Crippen LogP contribution in [0.2, 0.25) is 0 Å². The van der Waals surface area contributed by atoms with Gasteiger partial charge in [-0.05, 0) is 24.1 Å². The van der Waals surface area contributed by atoms with E-state index in [2.05, 4.69) is 4.74 Å². The maximum atomic E-state index is 11.5. The lowest BCUT2D eigenvalue weighted by atomic mass is 10.0. The predicted octanol–water partition coefficient (Wildman–Crippen LogP) is 1.92. The van der Waals surface area contributed by atoms with Crippen LogP contribution in [0.3, 0.4) is 0 Å². The van der Waals surface area contributed by atoms with Gasteiger partial charge in [-0.15, -0.1) is 0 Å². The highest BCUT2D eigenvalue weighted by Crippen LogP contribution is 2.24. The molecule has 0 spiro atoms. The molecule has 0 aliphatic heterocycles. The molecular weight excluding hydrogens is 206 g/mol. The van der Waals surface area contributed by atoms with E-state index in [0.29, 0.717) is 5.75 Å². The molecule has 1 aromatic carbocycles. The summed E-state index contributed by atoms with van der Waals surface area (Å²) in [5, 5.41) is 9.00. The topological polar surface area (TPSA) is 59.3 Å². The lowest BCUT2D eigenvalue weighted by molar-refractivity contribution is 0.0600. The number of carbonyl (C=O) groups is 1. The molecule has 0 aliphatic carbocycles. The molecule has 0 unspecified atom stereocenters. The second kappa shape index (κ2) is 5.17. The zero-order valence-corrected chi connectivity index (χ0v) is 9.53. The number of aryl methyl sites for hydroxylation is 1. The molecule has 0 atom stereocenters. The number of ether oxygens (including phenoxy) is 2. The number of nitrogens with zero attached hydrogens (tertiary/aromatic N) is 1. The van der Waals surface area contributed by atoms with E-state index in [1.165, 1.54) is 14.2 Å². The quantitative estimate of drug-likeness (QED) is 0.728. The molecule has 0 fully saturated rings. The molecule has 84 valence electrons.